The number of nitrogens with one attached hydrogen (secondary N) is 1. The Kier molecular flexibility index (Phi) is 3.45. The van der Waals surface area contributed by atoms with Crippen LogP contribution in [0.4, 0.5) is 4.39 Å². The molecule has 1 aromatic heterocycles. The molecule has 5 heteroatoms. The fourth-order valence-electron chi connectivity index (χ4n) is 3.70. The minimum absolute atomic E-state index is 0.195. The molecule has 2 aliphatic rings. The maximum Gasteiger partial charge on any atom is 0.255 e. The average Bonchev–Trinajstić information content (AvgIpc) is 3.13. The number of aliphatic hydroxyl groups is 1. The Balaban J connectivity index is 1.59. The van der Waals surface area contributed by atoms with E-state index in [1.54, 1.807) is 6.07 Å². The molecule has 1 amide bonds. The minimum Gasteiger partial charge on any atom is -0.468 e. The Bertz CT molecular complexity index is 768. The maximum atomic E-state index is 13.5. The number of benzene rings is 1. The van der Waals surface area contributed by atoms with Gasteiger partial charge in [-0.15, -0.1) is 0 Å². The molecule has 4 rings (SSSR count). The van der Waals surface area contributed by atoms with Crippen LogP contribution in [-0.2, 0) is 12.8 Å². The van der Waals surface area contributed by atoms with Gasteiger partial charge in [0.2, 0.25) is 0 Å². The van der Waals surface area contributed by atoms with Crippen LogP contribution >= 0.6 is 0 Å². The third-order valence-corrected chi connectivity index (χ3v) is 4.86. The number of aliphatic hydroxyl groups excluding tert-OH is 1. The lowest BCUT2D eigenvalue weighted by molar-refractivity contribution is 0.0926. The van der Waals surface area contributed by atoms with Gasteiger partial charge in [0.05, 0.1) is 17.7 Å². The van der Waals surface area contributed by atoms with Crippen molar-refractivity contribution in [3.05, 3.63) is 58.3 Å². The largest absolute Gasteiger partial charge is 0.468 e. The number of aryl methyl sites for hydroxylation is 2. The lowest BCUT2D eigenvalue weighted by Crippen LogP contribution is -2.28. The Morgan fingerprint density at radius 3 is 3.04 bits per heavy atom. The third kappa shape index (κ3) is 2.45. The number of carbonyl (C=O) groups is 1. The molecule has 0 aliphatic heterocycles. The number of amides is 1. The standard InChI is InChI=1S/C18H18FNO3/c19-11-6-4-10-5-7-14(12(10)8-11)20-18(22)13-9-23-16-3-1-2-15(21)17(13)16/h4,6,8-9,14-15,21H,1-3,5,7H2,(H,20,22). The first-order valence-electron chi connectivity index (χ1n) is 8.01. The number of hydrogen-bond acceptors (Lipinski definition) is 3. The van der Waals surface area contributed by atoms with Gasteiger partial charge in [-0.3, -0.25) is 4.79 Å². The van der Waals surface area contributed by atoms with Crippen LogP contribution in [0, 0.1) is 5.82 Å². The fourth-order valence-corrected chi connectivity index (χ4v) is 3.70. The van der Waals surface area contributed by atoms with E-state index >= 15 is 0 Å². The van der Waals surface area contributed by atoms with E-state index in [4.69, 9.17) is 4.42 Å². The molecule has 0 radical (unpaired) electrons. The van der Waals surface area contributed by atoms with Gasteiger partial charge in [-0.25, -0.2) is 4.39 Å². The van der Waals surface area contributed by atoms with E-state index in [0.29, 0.717) is 23.3 Å². The highest BCUT2D eigenvalue weighted by Crippen LogP contribution is 2.35. The third-order valence-electron chi connectivity index (χ3n) is 4.86. The van der Waals surface area contributed by atoms with Crippen LogP contribution in [0.15, 0.2) is 28.9 Å². The molecule has 1 heterocycles. The lowest BCUT2D eigenvalue weighted by Gasteiger charge is -2.19. The quantitative estimate of drug-likeness (QED) is 0.894. The van der Waals surface area contributed by atoms with E-state index in [0.717, 1.165) is 36.8 Å². The molecule has 1 aromatic carbocycles. The molecule has 0 spiro atoms. The van der Waals surface area contributed by atoms with Crippen molar-refractivity contribution in [3.8, 4) is 0 Å². The summed E-state index contributed by atoms with van der Waals surface area (Å²) in [7, 11) is 0. The highest BCUT2D eigenvalue weighted by molar-refractivity contribution is 5.96. The second-order valence-corrected chi connectivity index (χ2v) is 6.30. The van der Waals surface area contributed by atoms with E-state index < -0.39 is 6.10 Å². The van der Waals surface area contributed by atoms with Crippen molar-refractivity contribution >= 4 is 5.91 Å². The molecule has 4 nitrogen and oxygen atoms in total. The zero-order chi connectivity index (χ0) is 16.0. The number of halogens is 1. The summed E-state index contributed by atoms with van der Waals surface area (Å²) >= 11 is 0. The number of hydrogen-bond donors (Lipinski definition) is 2. The van der Waals surface area contributed by atoms with Crippen LogP contribution in [0.25, 0.3) is 0 Å². The van der Waals surface area contributed by atoms with Crippen molar-refractivity contribution in [2.24, 2.45) is 0 Å². The van der Waals surface area contributed by atoms with Gasteiger partial charge in [0.1, 0.15) is 17.8 Å². The smallest absolute Gasteiger partial charge is 0.255 e. The van der Waals surface area contributed by atoms with Crippen molar-refractivity contribution in [2.45, 2.75) is 44.2 Å². The summed E-state index contributed by atoms with van der Waals surface area (Å²) in [5.74, 6) is 0.144. The SMILES string of the molecule is O=C(NC1CCc2ccc(F)cc21)c1coc2c1C(O)CCC2. The van der Waals surface area contributed by atoms with Gasteiger partial charge >= 0.3 is 0 Å². The van der Waals surface area contributed by atoms with Crippen molar-refractivity contribution in [3.63, 3.8) is 0 Å². The summed E-state index contributed by atoms with van der Waals surface area (Å²) in [5.41, 5.74) is 2.94. The molecule has 0 saturated carbocycles. The van der Waals surface area contributed by atoms with Gasteiger partial charge in [0.25, 0.3) is 5.91 Å². The normalized spacial score (nSPS) is 22.5. The van der Waals surface area contributed by atoms with Crippen LogP contribution in [0.2, 0.25) is 0 Å². The van der Waals surface area contributed by atoms with Crippen LogP contribution in [0.1, 0.15) is 64.2 Å². The zero-order valence-electron chi connectivity index (χ0n) is 12.6. The minimum atomic E-state index is -0.647. The van der Waals surface area contributed by atoms with E-state index in [2.05, 4.69) is 5.32 Å². The molecule has 120 valence electrons. The summed E-state index contributed by atoms with van der Waals surface area (Å²) in [6.45, 7) is 0. The van der Waals surface area contributed by atoms with E-state index in [1.165, 1.54) is 18.4 Å². The number of fused-ring (bicyclic) bond motifs is 2. The Morgan fingerprint density at radius 2 is 2.17 bits per heavy atom. The molecule has 2 unspecified atom stereocenters. The first-order chi connectivity index (χ1) is 11.1. The summed E-state index contributed by atoms with van der Waals surface area (Å²) in [6, 6.07) is 4.53. The first-order valence-corrected chi connectivity index (χ1v) is 8.01. The summed E-state index contributed by atoms with van der Waals surface area (Å²) < 4.78 is 18.9. The number of carbonyl (C=O) groups excluding carboxylic acids is 1. The van der Waals surface area contributed by atoms with Crippen LogP contribution < -0.4 is 5.32 Å². The monoisotopic (exact) mass is 315 g/mol. The van der Waals surface area contributed by atoms with Crippen molar-refractivity contribution in [1.29, 1.82) is 0 Å². The second-order valence-electron chi connectivity index (χ2n) is 6.30. The number of furan rings is 1. The highest BCUT2D eigenvalue weighted by Gasteiger charge is 2.30. The zero-order valence-corrected chi connectivity index (χ0v) is 12.6. The van der Waals surface area contributed by atoms with Crippen LogP contribution in [0.3, 0.4) is 0 Å². The lowest BCUT2D eigenvalue weighted by atomic mass is 9.92. The first kappa shape index (κ1) is 14.5. The van der Waals surface area contributed by atoms with Crippen LogP contribution in [-0.4, -0.2) is 11.0 Å². The number of rotatable bonds is 2. The predicted molar refractivity (Wildman–Crippen MR) is 81.5 cm³/mol. The van der Waals surface area contributed by atoms with Crippen molar-refractivity contribution in [2.75, 3.05) is 0 Å². The Labute approximate surface area is 133 Å². The summed E-state index contributed by atoms with van der Waals surface area (Å²) in [4.78, 5) is 12.6. The summed E-state index contributed by atoms with van der Waals surface area (Å²) in [5, 5.41) is 13.1. The molecule has 2 aromatic rings. The summed E-state index contributed by atoms with van der Waals surface area (Å²) in [6.07, 6.45) is 4.61. The molecule has 2 N–H and O–H groups in total. The van der Waals surface area contributed by atoms with E-state index in [9.17, 15) is 14.3 Å². The topological polar surface area (TPSA) is 62.5 Å². The van der Waals surface area contributed by atoms with Crippen molar-refractivity contribution in [1.82, 2.24) is 5.32 Å². The Hall–Kier alpha value is -2.14. The highest BCUT2D eigenvalue weighted by atomic mass is 19.1. The molecular weight excluding hydrogens is 297 g/mol. The van der Waals surface area contributed by atoms with Gasteiger partial charge in [-0.1, -0.05) is 6.07 Å². The van der Waals surface area contributed by atoms with Gasteiger partial charge in [0.15, 0.2) is 0 Å². The van der Waals surface area contributed by atoms with E-state index in [-0.39, 0.29) is 17.8 Å². The predicted octanol–water partition coefficient (Wildman–Crippen LogP) is 3.21. The second kappa shape index (κ2) is 5.49. The van der Waals surface area contributed by atoms with E-state index in [1.807, 2.05) is 0 Å². The van der Waals surface area contributed by atoms with Crippen molar-refractivity contribution < 1.29 is 18.7 Å². The molecular formula is C18H18FNO3. The van der Waals surface area contributed by atoms with Gasteiger partial charge in [-0.2, -0.15) is 0 Å². The molecule has 2 aliphatic carbocycles. The average molecular weight is 315 g/mol. The van der Waals surface area contributed by atoms with Gasteiger partial charge in [0, 0.05) is 12.0 Å². The molecule has 0 fully saturated rings. The van der Waals surface area contributed by atoms with Gasteiger partial charge in [-0.05, 0) is 48.9 Å². The molecule has 2 atom stereocenters. The molecule has 23 heavy (non-hydrogen) atoms. The van der Waals surface area contributed by atoms with Crippen LogP contribution in [0.5, 0.6) is 0 Å². The Morgan fingerprint density at radius 1 is 1.30 bits per heavy atom. The molecule has 0 bridgehead atoms. The molecule has 0 saturated heterocycles. The fraction of sp³-hybridized carbons (Fsp3) is 0.389. The van der Waals surface area contributed by atoms with Gasteiger partial charge < -0.3 is 14.8 Å². The maximum absolute atomic E-state index is 13.5.